The molecule has 2 nitrogen and oxygen atoms in total. The summed E-state index contributed by atoms with van der Waals surface area (Å²) in [5, 5.41) is 2.06. The van der Waals surface area contributed by atoms with Crippen molar-refractivity contribution in [2.45, 2.75) is 13.1 Å². The molecule has 0 saturated carbocycles. The molecule has 2 aromatic rings. The molecule has 5 heteroatoms. The van der Waals surface area contributed by atoms with Crippen LogP contribution in [0.5, 0.6) is 0 Å². The lowest BCUT2D eigenvalue weighted by Gasteiger charge is -2.17. The summed E-state index contributed by atoms with van der Waals surface area (Å²) in [7, 11) is 2.02. The van der Waals surface area contributed by atoms with Crippen molar-refractivity contribution >= 4 is 33.0 Å². The summed E-state index contributed by atoms with van der Waals surface area (Å²) >= 11 is 5.15. The highest BCUT2D eigenvalue weighted by Gasteiger charge is 2.07. The zero-order valence-corrected chi connectivity index (χ0v) is 12.4. The fourth-order valence-corrected chi connectivity index (χ4v) is 3.29. The van der Waals surface area contributed by atoms with Crippen LogP contribution in [0.2, 0.25) is 0 Å². The lowest BCUT2D eigenvalue weighted by Crippen LogP contribution is -2.17. The minimum Gasteiger partial charge on any atom is -0.398 e. The normalized spacial score (nSPS) is 11.1. The van der Waals surface area contributed by atoms with Crippen molar-refractivity contribution < 1.29 is 4.39 Å². The molecule has 0 fully saturated rings. The summed E-state index contributed by atoms with van der Waals surface area (Å²) in [5.41, 5.74) is 7.26. The molecule has 2 N–H and O–H groups in total. The zero-order valence-electron chi connectivity index (χ0n) is 9.99. The van der Waals surface area contributed by atoms with Crippen LogP contribution < -0.4 is 5.73 Å². The lowest BCUT2D eigenvalue weighted by molar-refractivity contribution is 0.322. The number of anilines is 1. The number of hydrogen-bond donors (Lipinski definition) is 1. The number of nitrogens with zero attached hydrogens (tertiary/aromatic N) is 1. The predicted molar refractivity (Wildman–Crippen MR) is 78.0 cm³/mol. The van der Waals surface area contributed by atoms with Gasteiger partial charge in [0.25, 0.3) is 0 Å². The van der Waals surface area contributed by atoms with Crippen LogP contribution in [-0.4, -0.2) is 11.9 Å². The van der Waals surface area contributed by atoms with Crippen LogP contribution in [0.1, 0.15) is 10.4 Å². The monoisotopic (exact) mass is 328 g/mol. The Labute approximate surface area is 118 Å². The molecule has 0 aliphatic rings. The van der Waals surface area contributed by atoms with Gasteiger partial charge >= 0.3 is 0 Å². The van der Waals surface area contributed by atoms with Gasteiger partial charge in [0, 0.05) is 33.5 Å². The van der Waals surface area contributed by atoms with Gasteiger partial charge in [-0.2, -0.15) is 0 Å². The minimum absolute atomic E-state index is 0.291. The third-order valence-electron chi connectivity index (χ3n) is 2.60. The molecule has 0 aliphatic heterocycles. The van der Waals surface area contributed by atoms with Gasteiger partial charge < -0.3 is 5.73 Å². The average molecular weight is 329 g/mol. The number of nitrogen functional groups attached to an aromatic ring is 1. The maximum Gasteiger partial charge on any atom is 0.125 e. The van der Waals surface area contributed by atoms with Gasteiger partial charge in [0.1, 0.15) is 5.82 Å². The number of rotatable bonds is 4. The van der Waals surface area contributed by atoms with Crippen LogP contribution in [0.3, 0.4) is 0 Å². The van der Waals surface area contributed by atoms with Gasteiger partial charge in [0.2, 0.25) is 0 Å². The van der Waals surface area contributed by atoms with E-state index >= 15 is 0 Å². The molecule has 1 aromatic carbocycles. The molecule has 1 heterocycles. The number of hydrogen-bond acceptors (Lipinski definition) is 3. The standard InChI is InChI=1S/C13H14BrFN2S/c1-17(7-12-4-10(14)8-18-12)6-9-2-3-11(15)5-13(9)16/h2-5,8H,6-7,16H2,1H3. The summed E-state index contributed by atoms with van der Waals surface area (Å²) in [6.45, 7) is 1.56. The quantitative estimate of drug-likeness (QED) is 0.863. The Morgan fingerprint density at radius 1 is 1.33 bits per heavy atom. The molecule has 0 bridgehead atoms. The van der Waals surface area contributed by atoms with E-state index in [2.05, 4.69) is 32.3 Å². The van der Waals surface area contributed by atoms with Gasteiger partial charge in [-0.15, -0.1) is 11.3 Å². The van der Waals surface area contributed by atoms with Crippen LogP contribution in [0, 0.1) is 5.82 Å². The first kappa shape index (κ1) is 13.5. The SMILES string of the molecule is CN(Cc1cc(Br)cs1)Cc1ccc(F)cc1N. The van der Waals surface area contributed by atoms with Crippen molar-refractivity contribution in [1.82, 2.24) is 4.90 Å². The van der Waals surface area contributed by atoms with Crippen molar-refractivity contribution in [1.29, 1.82) is 0 Å². The summed E-state index contributed by atoms with van der Waals surface area (Å²) in [6, 6.07) is 6.66. The van der Waals surface area contributed by atoms with E-state index in [1.807, 2.05) is 7.05 Å². The minimum atomic E-state index is -0.291. The highest BCUT2D eigenvalue weighted by molar-refractivity contribution is 9.10. The van der Waals surface area contributed by atoms with E-state index in [-0.39, 0.29) is 5.82 Å². The van der Waals surface area contributed by atoms with Crippen LogP contribution in [0.15, 0.2) is 34.1 Å². The van der Waals surface area contributed by atoms with E-state index in [0.717, 1.165) is 16.6 Å². The first-order valence-corrected chi connectivity index (χ1v) is 7.17. The first-order valence-electron chi connectivity index (χ1n) is 5.50. The number of halogens is 2. The average Bonchev–Trinajstić information content (AvgIpc) is 2.68. The maximum atomic E-state index is 12.9. The molecule has 0 amide bonds. The van der Waals surface area contributed by atoms with E-state index < -0.39 is 0 Å². The fraction of sp³-hybridized carbons (Fsp3) is 0.231. The molecule has 0 unspecified atom stereocenters. The summed E-state index contributed by atoms with van der Waals surface area (Å²) in [5.74, 6) is -0.291. The topological polar surface area (TPSA) is 29.3 Å². The van der Waals surface area contributed by atoms with E-state index in [0.29, 0.717) is 12.2 Å². The molecular weight excluding hydrogens is 315 g/mol. The second-order valence-corrected chi connectivity index (χ2v) is 6.16. The van der Waals surface area contributed by atoms with Gasteiger partial charge in [-0.25, -0.2) is 4.39 Å². The Morgan fingerprint density at radius 2 is 2.11 bits per heavy atom. The Bertz CT molecular complexity index is 542. The van der Waals surface area contributed by atoms with Crippen molar-refractivity contribution in [3.8, 4) is 0 Å². The molecule has 0 saturated heterocycles. The van der Waals surface area contributed by atoms with Gasteiger partial charge in [-0.3, -0.25) is 4.90 Å². The molecule has 0 spiro atoms. The smallest absolute Gasteiger partial charge is 0.125 e. The van der Waals surface area contributed by atoms with E-state index in [9.17, 15) is 4.39 Å². The number of benzene rings is 1. The lowest BCUT2D eigenvalue weighted by atomic mass is 10.1. The van der Waals surface area contributed by atoms with E-state index in [1.165, 1.54) is 17.0 Å². The van der Waals surface area contributed by atoms with Crippen molar-refractivity contribution in [2.75, 3.05) is 12.8 Å². The first-order chi connectivity index (χ1) is 8.54. The van der Waals surface area contributed by atoms with Crippen molar-refractivity contribution in [3.63, 3.8) is 0 Å². The highest BCUT2D eigenvalue weighted by Crippen LogP contribution is 2.22. The van der Waals surface area contributed by atoms with Crippen molar-refractivity contribution in [3.05, 3.63) is 50.4 Å². The molecule has 2 rings (SSSR count). The Kier molecular flexibility index (Phi) is 4.37. The van der Waals surface area contributed by atoms with Crippen LogP contribution in [0.4, 0.5) is 10.1 Å². The fourth-order valence-electron chi connectivity index (χ4n) is 1.76. The Hall–Kier alpha value is -0.910. The molecule has 1 aromatic heterocycles. The number of nitrogens with two attached hydrogens (primary N) is 1. The largest absolute Gasteiger partial charge is 0.398 e. The molecule has 0 atom stereocenters. The molecule has 0 aliphatic carbocycles. The van der Waals surface area contributed by atoms with Gasteiger partial charge in [0.05, 0.1) is 0 Å². The molecule has 18 heavy (non-hydrogen) atoms. The third-order valence-corrected chi connectivity index (χ3v) is 4.28. The van der Waals surface area contributed by atoms with E-state index in [1.54, 1.807) is 17.4 Å². The Morgan fingerprint density at radius 3 is 2.72 bits per heavy atom. The Balaban J connectivity index is 2.00. The second kappa shape index (κ2) is 5.82. The van der Waals surface area contributed by atoms with E-state index in [4.69, 9.17) is 5.73 Å². The summed E-state index contributed by atoms with van der Waals surface area (Å²) < 4.78 is 14.0. The zero-order chi connectivity index (χ0) is 13.1. The van der Waals surface area contributed by atoms with Gasteiger partial charge in [-0.05, 0) is 46.7 Å². The highest BCUT2D eigenvalue weighted by atomic mass is 79.9. The molecular formula is C13H14BrFN2S. The molecule has 96 valence electrons. The third kappa shape index (κ3) is 3.54. The van der Waals surface area contributed by atoms with Crippen LogP contribution in [-0.2, 0) is 13.1 Å². The predicted octanol–water partition coefficient (Wildman–Crippen LogP) is 3.86. The number of thiophene rings is 1. The second-order valence-electron chi connectivity index (χ2n) is 4.25. The van der Waals surface area contributed by atoms with Gasteiger partial charge in [-0.1, -0.05) is 6.07 Å². The van der Waals surface area contributed by atoms with Crippen LogP contribution >= 0.6 is 27.3 Å². The van der Waals surface area contributed by atoms with Gasteiger partial charge in [0.15, 0.2) is 0 Å². The summed E-state index contributed by atoms with van der Waals surface area (Å²) in [4.78, 5) is 3.44. The van der Waals surface area contributed by atoms with Crippen LogP contribution in [0.25, 0.3) is 0 Å². The summed E-state index contributed by atoms with van der Waals surface area (Å²) in [6.07, 6.45) is 0. The van der Waals surface area contributed by atoms with Crippen molar-refractivity contribution in [2.24, 2.45) is 0 Å². The molecule has 0 radical (unpaired) electrons. The maximum absolute atomic E-state index is 12.9.